The van der Waals surface area contributed by atoms with Crippen molar-refractivity contribution in [3.05, 3.63) is 65.1 Å². The summed E-state index contributed by atoms with van der Waals surface area (Å²) in [5.41, 5.74) is 9.11. The van der Waals surface area contributed by atoms with Crippen molar-refractivity contribution in [3.8, 4) is 22.4 Å². The Balaban J connectivity index is 0.898. The Morgan fingerprint density at radius 1 is 0.761 bits per heavy atom. The number of amides is 5. The number of likely N-dealkylation sites (tertiary alicyclic amines) is 2. The highest BCUT2D eigenvalue weighted by Gasteiger charge is 2.48. The number of carbonyl (C=O) groups excluding carboxylic acids is 5. The van der Waals surface area contributed by atoms with Gasteiger partial charge in [-0.2, -0.15) is 0 Å². The molecule has 5 amide bonds. The molecule has 360 valence electrons. The minimum Gasteiger partial charge on any atom is -0.453 e. The molecule has 6 aliphatic rings. The lowest BCUT2D eigenvalue weighted by Crippen LogP contribution is -2.68. The van der Waals surface area contributed by atoms with Gasteiger partial charge in [-0.25, -0.2) is 14.6 Å². The molecule has 3 aliphatic carbocycles. The molecule has 3 aromatic rings. The molecule has 1 aromatic heterocycles. The Kier molecular flexibility index (Phi) is 13.4. The first-order valence-electron chi connectivity index (χ1n) is 24.9. The second kappa shape index (κ2) is 19.3. The molecule has 0 radical (unpaired) electrons. The van der Waals surface area contributed by atoms with E-state index in [1.54, 1.807) is 0 Å². The number of aromatic amines is 1. The first kappa shape index (κ1) is 46.7. The van der Waals surface area contributed by atoms with Crippen molar-refractivity contribution in [3.63, 3.8) is 0 Å². The van der Waals surface area contributed by atoms with Gasteiger partial charge in [0.15, 0.2) is 0 Å². The monoisotopic (exact) mass is 919 g/mol. The summed E-state index contributed by atoms with van der Waals surface area (Å²) in [6.45, 7) is 8.84. The zero-order valence-electron chi connectivity index (χ0n) is 40.1. The van der Waals surface area contributed by atoms with Gasteiger partial charge in [0.25, 0.3) is 0 Å². The molecule has 2 aromatic carbocycles. The number of rotatable bonds is 11. The van der Waals surface area contributed by atoms with Crippen LogP contribution in [0.2, 0.25) is 0 Å². The maximum Gasteiger partial charge on any atom is 0.407 e. The van der Waals surface area contributed by atoms with Gasteiger partial charge in [0.05, 0.1) is 44.1 Å². The zero-order valence-corrected chi connectivity index (χ0v) is 40.1. The highest BCUT2D eigenvalue weighted by atomic mass is 16.5. The van der Waals surface area contributed by atoms with Crippen LogP contribution in [0.5, 0.6) is 0 Å². The van der Waals surface area contributed by atoms with Gasteiger partial charge in [0.2, 0.25) is 17.7 Å². The van der Waals surface area contributed by atoms with Crippen LogP contribution in [0.4, 0.5) is 9.59 Å². The molecule has 67 heavy (non-hydrogen) atoms. The number of fused-ring (bicyclic) bond motifs is 2. The lowest BCUT2D eigenvalue weighted by molar-refractivity contribution is -0.139. The van der Waals surface area contributed by atoms with Crippen LogP contribution < -0.4 is 21.3 Å². The quantitative estimate of drug-likeness (QED) is 0.134. The SMILES string of the molecule is COC(=O)NC(C(=O)N1CCC[C@@H]1c1ncc(-c2ccc(-c3ccc(C4CCC5NC([C@@H]6CCCN6C(=O)[C@@H](NC(=O)OC)C(C)C)NC(=O)C5C4)c4c3CC3(CCCC3)C4)cc2)[nH]1)C(C)C. The van der Waals surface area contributed by atoms with Gasteiger partial charge in [-0.05, 0) is 127 Å². The molecule has 9 rings (SSSR count). The fourth-order valence-corrected chi connectivity index (χ4v) is 12.7. The molecule has 1 spiro atoms. The number of hydrogen-bond donors (Lipinski definition) is 5. The summed E-state index contributed by atoms with van der Waals surface area (Å²) in [6.07, 6.45) is 13.5. The molecule has 5 unspecified atom stereocenters. The molecule has 15 heteroatoms. The van der Waals surface area contributed by atoms with Crippen molar-refractivity contribution < 1.29 is 33.4 Å². The third kappa shape index (κ3) is 9.16. The van der Waals surface area contributed by atoms with Gasteiger partial charge in [0, 0.05) is 19.1 Å². The number of ether oxygens (including phenoxy) is 2. The number of carbonyl (C=O) groups is 5. The van der Waals surface area contributed by atoms with Crippen molar-refractivity contribution in [2.24, 2.45) is 23.2 Å². The molecule has 4 heterocycles. The lowest BCUT2D eigenvalue weighted by atomic mass is 9.72. The Hall–Kier alpha value is -5.44. The number of aromatic nitrogens is 2. The lowest BCUT2D eigenvalue weighted by Gasteiger charge is -2.46. The number of imidazole rings is 1. The summed E-state index contributed by atoms with van der Waals surface area (Å²) in [5.74, 6) is 0.446. The van der Waals surface area contributed by atoms with Gasteiger partial charge in [-0.15, -0.1) is 0 Å². The average Bonchev–Trinajstić information content (AvgIpc) is 4.20. The Labute approximate surface area is 394 Å². The highest BCUT2D eigenvalue weighted by Crippen LogP contribution is 2.54. The van der Waals surface area contributed by atoms with Crippen molar-refractivity contribution in [1.29, 1.82) is 0 Å². The molecule has 5 N–H and O–H groups in total. The fraction of sp³-hybridized carbons (Fsp3) is 0.615. The Morgan fingerprint density at radius 2 is 1.39 bits per heavy atom. The van der Waals surface area contributed by atoms with E-state index < -0.39 is 24.3 Å². The first-order valence-corrected chi connectivity index (χ1v) is 24.9. The number of benzene rings is 2. The molecule has 2 saturated carbocycles. The van der Waals surface area contributed by atoms with Gasteiger partial charge < -0.3 is 40.2 Å². The normalized spacial score (nSPS) is 26.3. The molecule has 5 fully saturated rings. The standard InChI is InChI=1S/C52H70N8O7/c1-29(2)43(56-50(64)66-5)48(62)59-23-9-11-41(59)45-53-28-40(55-45)32-15-13-31(14-16-32)34-18-19-35(38-27-52(26-37(34)38)21-7-8-22-52)33-17-20-39-36(25-33)47(61)58-46(54-39)42-12-10-24-60(42)49(63)44(30(3)4)57-51(65)67-6/h13-16,18-19,28-30,33,36,39,41-44,46,54H,7-12,17,20-27H2,1-6H3,(H,53,55)(H,56,64)(H,57,65)(H,58,61)/t33?,36?,39?,41-,42+,43?,44+,46?/m1/s1. The van der Waals surface area contributed by atoms with Gasteiger partial charge in [-0.3, -0.25) is 19.7 Å². The summed E-state index contributed by atoms with van der Waals surface area (Å²) in [4.78, 5) is 77.9. The number of nitrogens with zero attached hydrogens (tertiary/aromatic N) is 3. The predicted octanol–water partition coefficient (Wildman–Crippen LogP) is 7.12. The van der Waals surface area contributed by atoms with Crippen LogP contribution in [0, 0.1) is 23.2 Å². The minimum atomic E-state index is -0.708. The van der Waals surface area contributed by atoms with Crippen molar-refractivity contribution >= 4 is 29.9 Å². The molecule has 0 bridgehead atoms. The summed E-state index contributed by atoms with van der Waals surface area (Å²) in [7, 11) is 2.60. The van der Waals surface area contributed by atoms with Gasteiger partial charge in [0.1, 0.15) is 24.1 Å². The third-order valence-corrected chi connectivity index (χ3v) is 16.3. The second-order valence-electron chi connectivity index (χ2n) is 21.0. The van der Waals surface area contributed by atoms with Gasteiger partial charge in [-0.1, -0.05) is 76.9 Å². The molecule has 3 aliphatic heterocycles. The Bertz CT molecular complexity index is 2340. The number of hydrogen-bond acceptors (Lipinski definition) is 9. The minimum absolute atomic E-state index is 0.0340. The van der Waals surface area contributed by atoms with E-state index in [-0.39, 0.29) is 65.7 Å². The highest BCUT2D eigenvalue weighted by molar-refractivity contribution is 5.87. The molecule has 3 saturated heterocycles. The van der Waals surface area contributed by atoms with E-state index in [2.05, 4.69) is 62.6 Å². The average molecular weight is 919 g/mol. The van der Waals surface area contributed by atoms with E-state index in [9.17, 15) is 24.0 Å². The van der Waals surface area contributed by atoms with E-state index in [1.165, 1.54) is 67.7 Å². The van der Waals surface area contributed by atoms with Crippen LogP contribution in [0.3, 0.4) is 0 Å². The number of H-pyrrole nitrogens is 1. The van der Waals surface area contributed by atoms with Crippen LogP contribution in [-0.2, 0) is 36.7 Å². The van der Waals surface area contributed by atoms with E-state index in [0.29, 0.717) is 18.5 Å². The fourth-order valence-electron chi connectivity index (χ4n) is 12.7. The summed E-state index contributed by atoms with van der Waals surface area (Å²) < 4.78 is 9.63. The first-order chi connectivity index (χ1) is 32.3. The van der Waals surface area contributed by atoms with E-state index >= 15 is 0 Å². The molecular weight excluding hydrogens is 849 g/mol. The topological polar surface area (TPSA) is 187 Å². The van der Waals surface area contributed by atoms with Crippen LogP contribution in [0.15, 0.2) is 42.6 Å². The maximum atomic E-state index is 14.1. The third-order valence-electron chi connectivity index (χ3n) is 16.3. The van der Waals surface area contributed by atoms with E-state index in [4.69, 9.17) is 14.5 Å². The molecule has 8 atom stereocenters. The number of alkyl carbamates (subject to hydrolysis) is 2. The number of methoxy groups -OCH3 is 2. The number of nitrogens with one attached hydrogen (secondary N) is 5. The molecular formula is C52H70N8O7. The van der Waals surface area contributed by atoms with Crippen molar-refractivity contribution in [2.45, 2.75) is 153 Å². The van der Waals surface area contributed by atoms with E-state index in [0.717, 1.165) is 74.9 Å². The van der Waals surface area contributed by atoms with Crippen LogP contribution in [0.25, 0.3) is 22.4 Å². The zero-order chi connectivity index (χ0) is 47.1. The predicted molar refractivity (Wildman–Crippen MR) is 253 cm³/mol. The largest absolute Gasteiger partial charge is 0.453 e. The second-order valence-corrected chi connectivity index (χ2v) is 21.0. The summed E-state index contributed by atoms with van der Waals surface area (Å²) in [6, 6.07) is 11.7. The summed E-state index contributed by atoms with van der Waals surface area (Å²) >= 11 is 0. The van der Waals surface area contributed by atoms with Crippen molar-refractivity contribution in [1.82, 2.24) is 41.0 Å². The van der Waals surface area contributed by atoms with Crippen LogP contribution in [-0.4, -0.2) is 107 Å². The Morgan fingerprint density at radius 3 is 2.06 bits per heavy atom. The van der Waals surface area contributed by atoms with E-state index in [1.807, 2.05) is 43.7 Å². The maximum absolute atomic E-state index is 14.1. The van der Waals surface area contributed by atoms with Crippen molar-refractivity contribution in [2.75, 3.05) is 27.3 Å². The van der Waals surface area contributed by atoms with Gasteiger partial charge >= 0.3 is 12.2 Å². The smallest absolute Gasteiger partial charge is 0.407 e. The van der Waals surface area contributed by atoms with Crippen LogP contribution in [0.1, 0.15) is 133 Å². The van der Waals surface area contributed by atoms with Crippen LogP contribution >= 0.6 is 0 Å². The molecule has 15 nitrogen and oxygen atoms in total. The summed E-state index contributed by atoms with van der Waals surface area (Å²) in [5, 5.41) is 12.6.